The quantitative estimate of drug-likeness (QED) is 0.410. The van der Waals surface area contributed by atoms with Gasteiger partial charge in [0.1, 0.15) is 5.52 Å². The highest BCUT2D eigenvalue weighted by Gasteiger charge is 2.15. The Labute approximate surface area is 172 Å². The van der Waals surface area contributed by atoms with E-state index in [-0.39, 0.29) is 5.91 Å². The first-order valence-electron chi connectivity index (χ1n) is 8.65. The molecule has 0 bridgehead atoms. The Kier molecular flexibility index (Phi) is 4.84. The Morgan fingerprint density at radius 1 is 0.964 bits per heavy atom. The summed E-state index contributed by atoms with van der Waals surface area (Å²) >= 11 is 12.2. The van der Waals surface area contributed by atoms with E-state index in [0.29, 0.717) is 38.3 Å². The Morgan fingerprint density at radius 2 is 1.68 bits per heavy atom. The van der Waals surface area contributed by atoms with E-state index in [9.17, 15) is 4.79 Å². The number of hydrogen-bond donors (Lipinski definition) is 1. The summed E-state index contributed by atoms with van der Waals surface area (Å²) in [5.74, 6) is 0.168. The van der Waals surface area contributed by atoms with Gasteiger partial charge >= 0.3 is 0 Å². The van der Waals surface area contributed by atoms with Crippen molar-refractivity contribution in [1.29, 1.82) is 0 Å². The summed E-state index contributed by atoms with van der Waals surface area (Å²) < 4.78 is 5.91. The van der Waals surface area contributed by atoms with Crippen molar-refractivity contribution in [2.45, 2.75) is 13.8 Å². The molecule has 4 aromatic rings. The number of hydrogen-bond acceptors (Lipinski definition) is 3. The SMILES string of the molecule is Cc1cc2nc(-c3cc(NC(=O)c4ccc(Cl)cc4)ccc3Cl)oc2cc1C. The first-order chi connectivity index (χ1) is 13.4. The molecule has 0 aliphatic rings. The van der Waals surface area contributed by atoms with Gasteiger partial charge in [-0.1, -0.05) is 23.2 Å². The lowest BCUT2D eigenvalue weighted by Crippen LogP contribution is -2.11. The van der Waals surface area contributed by atoms with Crippen LogP contribution in [0.15, 0.2) is 59.0 Å². The zero-order valence-corrected chi connectivity index (χ0v) is 16.7. The highest BCUT2D eigenvalue weighted by atomic mass is 35.5. The predicted octanol–water partition coefficient (Wildman–Crippen LogP) is 6.67. The molecule has 0 fully saturated rings. The number of carbonyl (C=O) groups is 1. The second-order valence-electron chi connectivity index (χ2n) is 6.58. The largest absolute Gasteiger partial charge is 0.436 e. The van der Waals surface area contributed by atoms with Gasteiger partial charge in [0.15, 0.2) is 5.58 Å². The molecule has 0 unspecified atom stereocenters. The lowest BCUT2D eigenvalue weighted by atomic mass is 10.1. The standard InChI is InChI=1S/C22H16Cl2N2O2/c1-12-9-19-20(10-13(12)2)28-22(26-19)17-11-16(7-8-18(17)24)25-21(27)14-3-5-15(23)6-4-14/h3-11H,1-2H3,(H,25,27). The van der Waals surface area contributed by atoms with E-state index in [0.717, 1.165) is 16.6 Å². The second kappa shape index (κ2) is 7.30. The van der Waals surface area contributed by atoms with E-state index >= 15 is 0 Å². The maximum absolute atomic E-state index is 12.4. The molecule has 6 heteroatoms. The normalized spacial score (nSPS) is 11.0. The highest BCUT2D eigenvalue weighted by Crippen LogP contribution is 2.33. The summed E-state index contributed by atoms with van der Waals surface area (Å²) in [6.07, 6.45) is 0. The Morgan fingerprint density at radius 3 is 2.43 bits per heavy atom. The minimum atomic E-state index is -0.242. The van der Waals surface area contributed by atoms with Crippen LogP contribution in [-0.2, 0) is 0 Å². The zero-order valence-electron chi connectivity index (χ0n) is 15.2. The van der Waals surface area contributed by atoms with E-state index < -0.39 is 0 Å². The number of aryl methyl sites for hydroxylation is 2. The molecule has 1 aromatic heterocycles. The number of amides is 1. The van der Waals surface area contributed by atoms with Crippen molar-refractivity contribution < 1.29 is 9.21 Å². The monoisotopic (exact) mass is 410 g/mol. The van der Waals surface area contributed by atoms with Gasteiger partial charge in [-0.15, -0.1) is 0 Å². The number of nitrogens with one attached hydrogen (secondary N) is 1. The van der Waals surface area contributed by atoms with Gasteiger partial charge in [-0.2, -0.15) is 0 Å². The van der Waals surface area contributed by atoms with Crippen molar-refractivity contribution in [3.05, 3.63) is 81.3 Å². The average Bonchev–Trinajstić information content (AvgIpc) is 3.06. The highest BCUT2D eigenvalue weighted by molar-refractivity contribution is 6.33. The van der Waals surface area contributed by atoms with Crippen molar-refractivity contribution in [3.63, 3.8) is 0 Å². The topological polar surface area (TPSA) is 55.1 Å². The molecule has 0 saturated heterocycles. The summed E-state index contributed by atoms with van der Waals surface area (Å²) in [5, 5.41) is 3.92. The molecule has 0 atom stereocenters. The van der Waals surface area contributed by atoms with Gasteiger partial charge in [-0.25, -0.2) is 4.98 Å². The van der Waals surface area contributed by atoms with Crippen molar-refractivity contribution in [3.8, 4) is 11.5 Å². The van der Waals surface area contributed by atoms with Crippen LogP contribution in [-0.4, -0.2) is 10.9 Å². The van der Waals surface area contributed by atoms with Crippen LogP contribution in [0, 0.1) is 13.8 Å². The number of carbonyl (C=O) groups excluding carboxylic acids is 1. The second-order valence-corrected chi connectivity index (χ2v) is 7.42. The van der Waals surface area contributed by atoms with Gasteiger partial charge in [0.2, 0.25) is 5.89 Å². The molecule has 140 valence electrons. The minimum Gasteiger partial charge on any atom is -0.436 e. The van der Waals surface area contributed by atoms with Gasteiger partial charge in [0.25, 0.3) is 5.91 Å². The van der Waals surface area contributed by atoms with E-state index in [1.807, 2.05) is 26.0 Å². The first kappa shape index (κ1) is 18.5. The van der Waals surface area contributed by atoms with Crippen LogP contribution in [0.3, 0.4) is 0 Å². The molecule has 0 saturated carbocycles. The summed E-state index contributed by atoms with van der Waals surface area (Å²) in [6.45, 7) is 4.06. The van der Waals surface area contributed by atoms with Crippen molar-refractivity contribution in [2.24, 2.45) is 0 Å². The molecule has 0 aliphatic heterocycles. The molecule has 4 nitrogen and oxygen atoms in total. The van der Waals surface area contributed by atoms with Gasteiger partial charge in [0.05, 0.1) is 10.6 Å². The molecular weight excluding hydrogens is 395 g/mol. The summed E-state index contributed by atoms with van der Waals surface area (Å²) in [6, 6.07) is 15.8. The molecule has 0 spiro atoms. The van der Waals surface area contributed by atoms with Gasteiger partial charge in [-0.3, -0.25) is 4.79 Å². The maximum atomic E-state index is 12.4. The van der Waals surface area contributed by atoms with Gasteiger partial charge in [-0.05, 0) is 79.6 Å². The number of oxazole rings is 1. The van der Waals surface area contributed by atoms with Crippen LogP contribution in [0.2, 0.25) is 10.0 Å². The minimum absolute atomic E-state index is 0.242. The van der Waals surface area contributed by atoms with Crippen molar-refractivity contribution in [2.75, 3.05) is 5.32 Å². The van der Waals surface area contributed by atoms with E-state index in [1.54, 1.807) is 42.5 Å². The van der Waals surface area contributed by atoms with E-state index in [2.05, 4.69) is 10.3 Å². The lowest BCUT2D eigenvalue weighted by Gasteiger charge is -2.08. The van der Waals surface area contributed by atoms with Crippen LogP contribution < -0.4 is 5.32 Å². The molecule has 3 aromatic carbocycles. The Hall–Kier alpha value is -2.82. The van der Waals surface area contributed by atoms with Crippen LogP contribution in [0.25, 0.3) is 22.6 Å². The molecule has 1 N–H and O–H groups in total. The third kappa shape index (κ3) is 3.61. The summed E-state index contributed by atoms with van der Waals surface area (Å²) in [7, 11) is 0. The number of halogens is 2. The predicted molar refractivity (Wildman–Crippen MR) is 113 cm³/mol. The fraction of sp³-hybridized carbons (Fsp3) is 0.0909. The maximum Gasteiger partial charge on any atom is 0.255 e. The van der Waals surface area contributed by atoms with Crippen LogP contribution in [0.5, 0.6) is 0 Å². The number of fused-ring (bicyclic) bond motifs is 1. The van der Waals surface area contributed by atoms with Crippen LogP contribution >= 0.6 is 23.2 Å². The van der Waals surface area contributed by atoms with Gasteiger partial charge in [0, 0.05) is 16.3 Å². The van der Waals surface area contributed by atoms with E-state index in [1.165, 1.54) is 0 Å². The fourth-order valence-electron chi connectivity index (χ4n) is 2.87. The molecule has 1 amide bonds. The third-order valence-corrected chi connectivity index (χ3v) is 5.15. The number of anilines is 1. The number of aromatic nitrogens is 1. The Bertz CT molecular complexity index is 1160. The number of rotatable bonds is 3. The Balaban J connectivity index is 1.67. The molecule has 1 heterocycles. The molecule has 28 heavy (non-hydrogen) atoms. The van der Waals surface area contributed by atoms with Crippen LogP contribution in [0.4, 0.5) is 5.69 Å². The average molecular weight is 411 g/mol. The van der Waals surface area contributed by atoms with Crippen molar-refractivity contribution >= 4 is 45.9 Å². The molecule has 0 aliphatic carbocycles. The zero-order chi connectivity index (χ0) is 19.8. The number of nitrogens with zero attached hydrogens (tertiary/aromatic N) is 1. The third-order valence-electron chi connectivity index (χ3n) is 4.56. The number of benzene rings is 3. The summed E-state index contributed by atoms with van der Waals surface area (Å²) in [4.78, 5) is 17.0. The smallest absolute Gasteiger partial charge is 0.255 e. The van der Waals surface area contributed by atoms with Gasteiger partial charge < -0.3 is 9.73 Å². The van der Waals surface area contributed by atoms with Crippen LogP contribution in [0.1, 0.15) is 21.5 Å². The molecule has 4 rings (SSSR count). The van der Waals surface area contributed by atoms with Crippen molar-refractivity contribution in [1.82, 2.24) is 4.98 Å². The lowest BCUT2D eigenvalue weighted by molar-refractivity contribution is 0.102. The molecular formula is C22H16Cl2N2O2. The summed E-state index contributed by atoms with van der Waals surface area (Å²) in [5.41, 5.74) is 5.45. The fourth-order valence-corrected chi connectivity index (χ4v) is 3.19. The molecule has 0 radical (unpaired) electrons. The van der Waals surface area contributed by atoms with E-state index in [4.69, 9.17) is 27.6 Å². The first-order valence-corrected chi connectivity index (χ1v) is 9.41.